The van der Waals surface area contributed by atoms with Gasteiger partial charge in [-0.15, -0.1) is 12.4 Å². The lowest BCUT2D eigenvalue weighted by Crippen LogP contribution is -2.52. The van der Waals surface area contributed by atoms with E-state index in [0.29, 0.717) is 24.5 Å². The lowest BCUT2D eigenvalue weighted by molar-refractivity contribution is 0.284. The van der Waals surface area contributed by atoms with Crippen molar-refractivity contribution in [3.05, 3.63) is 36.7 Å². The van der Waals surface area contributed by atoms with Crippen molar-refractivity contribution in [1.29, 1.82) is 0 Å². The van der Waals surface area contributed by atoms with E-state index in [1.165, 1.54) is 0 Å². The molecule has 0 spiro atoms. The molecule has 3 rings (SSSR count). The van der Waals surface area contributed by atoms with E-state index in [1.54, 1.807) is 34.9 Å². The van der Waals surface area contributed by atoms with E-state index in [0.717, 1.165) is 10.8 Å². The Morgan fingerprint density at radius 1 is 1.33 bits per heavy atom. The van der Waals surface area contributed by atoms with Crippen LogP contribution in [0.5, 0.6) is 0 Å². The zero-order valence-corrected chi connectivity index (χ0v) is 13.3. The van der Waals surface area contributed by atoms with Gasteiger partial charge in [0.2, 0.25) is 10.0 Å². The van der Waals surface area contributed by atoms with Crippen molar-refractivity contribution >= 4 is 33.2 Å². The zero-order chi connectivity index (χ0) is 14.2. The summed E-state index contributed by atoms with van der Waals surface area (Å²) in [4.78, 5) is 4.41. The van der Waals surface area contributed by atoms with Crippen LogP contribution in [0.25, 0.3) is 10.8 Å². The molecular weight excluding hydrogens is 310 g/mol. The van der Waals surface area contributed by atoms with Crippen molar-refractivity contribution in [1.82, 2.24) is 14.6 Å². The van der Waals surface area contributed by atoms with E-state index >= 15 is 0 Å². The van der Waals surface area contributed by atoms with Gasteiger partial charge in [-0.3, -0.25) is 4.98 Å². The molecule has 2 heterocycles. The van der Waals surface area contributed by atoms with Crippen LogP contribution in [0, 0.1) is 0 Å². The Morgan fingerprint density at radius 3 is 2.90 bits per heavy atom. The molecule has 5 nitrogen and oxygen atoms in total. The second-order valence-electron chi connectivity index (χ2n) is 5.02. The van der Waals surface area contributed by atoms with Crippen LogP contribution in [0.15, 0.2) is 41.6 Å². The molecule has 0 aliphatic carbocycles. The van der Waals surface area contributed by atoms with E-state index in [2.05, 4.69) is 10.3 Å². The van der Waals surface area contributed by atoms with Crippen LogP contribution in [-0.2, 0) is 10.0 Å². The third-order valence-corrected chi connectivity index (χ3v) is 5.74. The summed E-state index contributed by atoms with van der Waals surface area (Å²) in [5, 5.41) is 4.78. The van der Waals surface area contributed by atoms with E-state index < -0.39 is 10.0 Å². The van der Waals surface area contributed by atoms with Gasteiger partial charge >= 0.3 is 0 Å². The maximum absolute atomic E-state index is 12.9. The molecule has 1 fully saturated rings. The van der Waals surface area contributed by atoms with Gasteiger partial charge in [-0.05, 0) is 19.1 Å². The predicted octanol–water partition coefficient (Wildman–Crippen LogP) is 1.64. The molecule has 1 N–H and O–H groups in total. The van der Waals surface area contributed by atoms with E-state index in [-0.39, 0.29) is 18.4 Å². The Morgan fingerprint density at radius 2 is 2.14 bits per heavy atom. The molecule has 21 heavy (non-hydrogen) atoms. The first-order valence-corrected chi connectivity index (χ1v) is 8.10. The minimum absolute atomic E-state index is 0. The van der Waals surface area contributed by atoms with E-state index in [4.69, 9.17) is 0 Å². The van der Waals surface area contributed by atoms with Crippen LogP contribution in [0.1, 0.15) is 6.92 Å². The number of nitrogens with one attached hydrogen (secondary N) is 1. The topological polar surface area (TPSA) is 62.3 Å². The molecule has 0 bridgehead atoms. The van der Waals surface area contributed by atoms with Crippen molar-refractivity contribution in [3.8, 4) is 0 Å². The van der Waals surface area contributed by atoms with Crippen molar-refractivity contribution in [2.75, 3.05) is 19.6 Å². The number of pyridine rings is 1. The Labute approximate surface area is 130 Å². The molecule has 1 atom stereocenters. The van der Waals surface area contributed by atoms with E-state index in [9.17, 15) is 8.42 Å². The smallest absolute Gasteiger partial charge is 0.244 e. The quantitative estimate of drug-likeness (QED) is 0.911. The number of rotatable bonds is 2. The third kappa shape index (κ3) is 2.89. The molecule has 1 aromatic heterocycles. The SMILES string of the molecule is CC1CNCCN1S(=O)(=O)c1cccc2cnccc12.Cl. The molecule has 1 aliphatic rings. The first kappa shape index (κ1) is 16.2. The number of hydrogen-bond donors (Lipinski definition) is 1. The fourth-order valence-corrected chi connectivity index (χ4v) is 4.47. The second-order valence-corrected chi connectivity index (χ2v) is 6.88. The normalized spacial score (nSPS) is 20.1. The van der Waals surface area contributed by atoms with Gasteiger partial charge in [0.1, 0.15) is 0 Å². The summed E-state index contributed by atoms with van der Waals surface area (Å²) in [5.41, 5.74) is 0. The van der Waals surface area contributed by atoms with Crippen molar-refractivity contribution < 1.29 is 8.42 Å². The summed E-state index contributed by atoms with van der Waals surface area (Å²) < 4.78 is 27.4. The number of halogens is 1. The average molecular weight is 328 g/mol. The van der Waals surface area contributed by atoms with Gasteiger partial charge in [0, 0.05) is 48.8 Å². The number of sulfonamides is 1. The number of fused-ring (bicyclic) bond motifs is 1. The number of benzene rings is 1. The van der Waals surface area contributed by atoms with Crippen molar-refractivity contribution in [2.45, 2.75) is 17.9 Å². The Bertz CT molecular complexity index is 731. The highest BCUT2D eigenvalue weighted by atomic mass is 35.5. The maximum atomic E-state index is 12.9. The van der Waals surface area contributed by atoms with Crippen LogP contribution in [0.4, 0.5) is 0 Å². The van der Waals surface area contributed by atoms with Crippen LogP contribution in [0.2, 0.25) is 0 Å². The van der Waals surface area contributed by atoms with Crippen molar-refractivity contribution in [2.24, 2.45) is 0 Å². The van der Waals surface area contributed by atoms with Gasteiger partial charge in [0.15, 0.2) is 0 Å². The number of piperazine rings is 1. The fraction of sp³-hybridized carbons (Fsp3) is 0.357. The van der Waals surface area contributed by atoms with Crippen molar-refractivity contribution in [3.63, 3.8) is 0 Å². The van der Waals surface area contributed by atoms with Crippen LogP contribution in [-0.4, -0.2) is 43.4 Å². The molecule has 0 radical (unpaired) electrons. The summed E-state index contributed by atoms with van der Waals surface area (Å²) in [6.07, 6.45) is 3.32. The summed E-state index contributed by atoms with van der Waals surface area (Å²) in [5.74, 6) is 0. The number of aromatic nitrogens is 1. The molecule has 1 aromatic carbocycles. The molecule has 114 valence electrons. The molecule has 1 unspecified atom stereocenters. The van der Waals surface area contributed by atoms with Gasteiger partial charge in [0.25, 0.3) is 0 Å². The van der Waals surface area contributed by atoms with E-state index in [1.807, 2.05) is 13.0 Å². The number of hydrogen-bond acceptors (Lipinski definition) is 4. The lowest BCUT2D eigenvalue weighted by Gasteiger charge is -2.33. The maximum Gasteiger partial charge on any atom is 0.244 e. The summed E-state index contributed by atoms with van der Waals surface area (Å²) in [7, 11) is -3.47. The van der Waals surface area contributed by atoms with Gasteiger partial charge in [-0.25, -0.2) is 8.42 Å². The highest BCUT2D eigenvalue weighted by Crippen LogP contribution is 2.26. The van der Waals surface area contributed by atoms with Gasteiger partial charge in [0.05, 0.1) is 4.90 Å². The monoisotopic (exact) mass is 327 g/mol. The summed E-state index contributed by atoms with van der Waals surface area (Å²) in [6.45, 7) is 3.81. The lowest BCUT2D eigenvalue weighted by atomic mass is 10.2. The first-order chi connectivity index (χ1) is 9.60. The Balaban J connectivity index is 0.00000161. The third-order valence-electron chi connectivity index (χ3n) is 3.67. The van der Waals surface area contributed by atoms with Crippen LogP contribution >= 0.6 is 12.4 Å². The zero-order valence-electron chi connectivity index (χ0n) is 11.7. The van der Waals surface area contributed by atoms with Gasteiger partial charge in [-0.1, -0.05) is 12.1 Å². The molecule has 1 saturated heterocycles. The fourth-order valence-electron chi connectivity index (χ4n) is 2.62. The minimum atomic E-state index is -3.47. The standard InChI is InChI=1S/C14H17N3O2S.ClH/c1-11-9-16-7-8-17(11)20(18,19)14-4-2-3-12-10-15-6-5-13(12)14;/h2-6,10-11,16H,7-9H2,1H3;1H. The summed E-state index contributed by atoms with van der Waals surface area (Å²) >= 11 is 0. The van der Waals surface area contributed by atoms with Gasteiger partial charge < -0.3 is 5.32 Å². The highest BCUT2D eigenvalue weighted by molar-refractivity contribution is 7.89. The first-order valence-electron chi connectivity index (χ1n) is 6.66. The molecule has 7 heteroatoms. The highest BCUT2D eigenvalue weighted by Gasteiger charge is 2.31. The average Bonchev–Trinajstić information content (AvgIpc) is 2.47. The van der Waals surface area contributed by atoms with Crippen LogP contribution < -0.4 is 5.32 Å². The Kier molecular flexibility index (Phi) is 4.83. The van der Waals surface area contributed by atoms with Crippen LogP contribution in [0.3, 0.4) is 0 Å². The minimum Gasteiger partial charge on any atom is -0.314 e. The van der Waals surface area contributed by atoms with Gasteiger partial charge in [-0.2, -0.15) is 4.31 Å². The molecule has 1 aliphatic heterocycles. The summed E-state index contributed by atoms with van der Waals surface area (Å²) in [6, 6.07) is 7.04. The number of nitrogens with zero attached hydrogens (tertiary/aromatic N) is 2. The molecule has 2 aromatic rings. The largest absolute Gasteiger partial charge is 0.314 e. The molecule has 0 amide bonds. The predicted molar refractivity (Wildman–Crippen MR) is 85.2 cm³/mol. The molecular formula is C14H18ClN3O2S. The molecule has 0 saturated carbocycles. The second kappa shape index (κ2) is 6.27. The Hall–Kier alpha value is -1.21.